The molecule has 1 aliphatic heterocycles. The fourth-order valence-corrected chi connectivity index (χ4v) is 2.59. The predicted molar refractivity (Wildman–Crippen MR) is 77.5 cm³/mol. The summed E-state index contributed by atoms with van der Waals surface area (Å²) in [6, 6.07) is 5.14. The Kier molecular flexibility index (Phi) is 4.17. The van der Waals surface area contributed by atoms with Crippen LogP contribution in [0.25, 0.3) is 11.0 Å². The highest BCUT2D eigenvalue weighted by molar-refractivity contribution is 5.84. The molecule has 6 nitrogen and oxygen atoms in total. The number of benzene rings is 1. The molecule has 0 spiro atoms. The summed E-state index contributed by atoms with van der Waals surface area (Å²) in [6.45, 7) is 1.62. The Morgan fingerprint density at radius 2 is 2.33 bits per heavy atom. The Morgan fingerprint density at radius 1 is 1.43 bits per heavy atom. The third kappa shape index (κ3) is 3.06. The summed E-state index contributed by atoms with van der Waals surface area (Å²) in [5.74, 6) is 0. The second kappa shape index (κ2) is 6.24. The van der Waals surface area contributed by atoms with Crippen LogP contribution in [0.3, 0.4) is 0 Å². The van der Waals surface area contributed by atoms with Gasteiger partial charge in [-0.25, -0.2) is 4.79 Å². The average Bonchev–Trinajstić information content (AvgIpc) is 2.83. The second-order valence-electron chi connectivity index (χ2n) is 5.14. The van der Waals surface area contributed by atoms with Crippen molar-refractivity contribution in [2.24, 2.45) is 0 Å². The van der Waals surface area contributed by atoms with Crippen molar-refractivity contribution in [3.8, 4) is 0 Å². The maximum Gasteiger partial charge on any atom is 0.326 e. The molecule has 112 valence electrons. The van der Waals surface area contributed by atoms with Crippen LogP contribution in [0, 0.1) is 0 Å². The van der Waals surface area contributed by atoms with Gasteiger partial charge >= 0.3 is 5.69 Å². The smallest absolute Gasteiger partial charge is 0.326 e. The molecule has 1 aromatic heterocycles. The summed E-state index contributed by atoms with van der Waals surface area (Å²) in [4.78, 5) is 25.5. The minimum atomic E-state index is -0.193. The summed E-state index contributed by atoms with van der Waals surface area (Å²) in [7, 11) is 0. The molecule has 1 aromatic carbocycles. The van der Waals surface area contributed by atoms with Crippen LogP contribution in [0.15, 0.2) is 23.0 Å². The van der Waals surface area contributed by atoms with Gasteiger partial charge in [-0.2, -0.15) is 0 Å². The number of hydrogen-bond acceptors (Lipinski definition) is 4. The third-order valence-electron chi connectivity index (χ3n) is 3.69. The topological polar surface area (TPSA) is 73.3 Å². The van der Waals surface area contributed by atoms with Crippen molar-refractivity contribution in [3.05, 3.63) is 34.2 Å². The lowest BCUT2D eigenvalue weighted by Gasteiger charge is -2.22. The molecule has 0 bridgehead atoms. The van der Waals surface area contributed by atoms with Gasteiger partial charge in [-0.05, 0) is 37.5 Å². The number of fused-ring (bicyclic) bond motifs is 1. The fraction of sp³-hybridized carbons (Fsp3) is 0.467. The number of carbonyl (C=O) groups is 1. The predicted octanol–water partition coefficient (Wildman–Crippen LogP) is 1.69. The monoisotopic (exact) mass is 290 g/mol. The summed E-state index contributed by atoms with van der Waals surface area (Å²) in [6.07, 6.45) is 3.72. The van der Waals surface area contributed by atoms with Crippen molar-refractivity contribution in [1.29, 1.82) is 0 Å². The highest BCUT2D eigenvalue weighted by atomic mass is 16.7. The Labute approximate surface area is 121 Å². The van der Waals surface area contributed by atoms with Crippen LogP contribution < -0.4 is 5.69 Å². The van der Waals surface area contributed by atoms with Crippen molar-refractivity contribution in [2.45, 2.75) is 32.1 Å². The number of carbonyl (C=O) groups excluding carboxylic acids is 1. The normalized spacial score (nSPS) is 19.0. The van der Waals surface area contributed by atoms with E-state index in [4.69, 9.17) is 9.47 Å². The van der Waals surface area contributed by atoms with Gasteiger partial charge in [0, 0.05) is 12.2 Å². The Bertz CT molecular complexity index is 683. The zero-order valence-corrected chi connectivity index (χ0v) is 11.7. The van der Waals surface area contributed by atoms with Crippen LogP contribution in [0.2, 0.25) is 0 Å². The molecule has 2 aromatic rings. The highest BCUT2D eigenvalue weighted by Gasteiger charge is 2.14. The molecular formula is C15H18N2O4. The Morgan fingerprint density at radius 3 is 3.10 bits per heavy atom. The van der Waals surface area contributed by atoms with Crippen LogP contribution >= 0.6 is 0 Å². The van der Waals surface area contributed by atoms with Gasteiger partial charge in [0.05, 0.1) is 24.2 Å². The maximum atomic E-state index is 12.0. The van der Waals surface area contributed by atoms with Crippen molar-refractivity contribution < 1.29 is 14.3 Å². The molecule has 0 aliphatic carbocycles. The first kappa shape index (κ1) is 14.0. The standard InChI is InChI=1S/C15H18N2O4/c18-10-11-4-5-13-12(9-11)16-15(19)17(13)6-8-21-14-3-1-2-7-20-14/h4-5,9-10,14H,1-3,6-8H2,(H,16,19). The molecule has 1 fully saturated rings. The van der Waals surface area contributed by atoms with Gasteiger partial charge in [0.25, 0.3) is 0 Å². The quantitative estimate of drug-likeness (QED) is 0.850. The molecule has 0 saturated carbocycles. The lowest BCUT2D eigenvalue weighted by Crippen LogP contribution is -2.26. The highest BCUT2D eigenvalue weighted by Crippen LogP contribution is 2.15. The minimum absolute atomic E-state index is 0.152. The summed E-state index contributed by atoms with van der Waals surface area (Å²) in [5, 5.41) is 0. The molecule has 21 heavy (non-hydrogen) atoms. The van der Waals surface area contributed by atoms with E-state index in [2.05, 4.69) is 4.98 Å². The maximum absolute atomic E-state index is 12.0. The van der Waals surface area contributed by atoms with Gasteiger partial charge in [-0.15, -0.1) is 0 Å². The molecule has 3 rings (SSSR count). The van der Waals surface area contributed by atoms with Crippen molar-refractivity contribution in [2.75, 3.05) is 13.2 Å². The largest absolute Gasteiger partial charge is 0.353 e. The van der Waals surface area contributed by atoms with Gasteiger partial charge in [0.2, 0.25) is 0 Å². The summed E-state index contributed by atoms with van der Waals surface area (Å²) in [5.41, 5.74) is 1.79. The van der Waals surface area contributed by atoms with E-state index >= 15 is 0 Å². The number of ether oxygens (including phenoxy) is 2. The number of imidazole rings is 1. The SMILES string of the molecule is O=Cc1ccc2c(c1)[nH]c(=O)n2CCOC1CCCCO1. The van der Waals surface area contributed by atoms with E-state index in [0.29, 0.717) is 24.2 Å². The molecule has 1 unspecified atom stereocenters. The van der Waals surface area contributed by atoms with E-state index in [1.165, 1.54) is 0 Å². The first-order valence-electron chi connectivity index (χ1n) is 7.19. The zero-order valence-electron chi connectivity index (χ0n) is 11.7. The molecule has 6 heteroatoms. The van der Waals surface area contributed by atoms with Crippen molar-refractivity contribution in [1.82, 2.24) is 9.55 Å². The lowest BCUT2D eigenvalue weighted by molar-refractivity contribution is -0.163. The molecule has 1 aliphatic rings. The molecule has 1 atom stereocenters. The number of rotatable bonds is 5. The van der Waals surface area contributed by atoms with Gasteiger partial charge < -0.3 is 14.5 Å². The number of aromatic amines is 1. The number of hydrogen-bond donors (Lipinski definition) is 1. The van der Waals surface area contributed by atoms with Crippen LogP contribution in [0.4, 0.5) is 0 Å². The number of aromatic nitrogens is 2. The van der Waals surface area contributed by atoms with Crippen LogP contribution in [0.5, 0.6) is 0 Å². The van der Waals surface area contributed by atoms with E-state index in [9.17, 15) is 9.59 Å². The lowest BCUT2D eigenvalue weighted by atomic mass is 10.2. The number of aldehydes is 1. The number of nitrogens with one attached hydrogen (secondary N) is 1. The number of nitrogens with zero attached hydrogens (tertiary/aromatic N) is 1. The van der Waals surface area contributed by atoms with Gasteiger partial charge in [0.1, 0.15) is 6.29 Å². The molecular weight excluding hydrogens is 272 g/mol. The molecule has 2 heterocycles. The van der Waals surface area contributed by atoms with Crippen LogP contribution in [-0.4, -0.2) is 35.3 Å². The van der Waals surface area contributed by atoms with E-state index in [1.807, 2.05) is 0 Å². The van der Waals surface area contributed by atoms with E-state index in [-0.39, 0.29) is 12.0 Å². The molecule has 0 radical (unpaired) electrons. The van der Waals surface area contributed by atoms with Gasteiger partial charge in [-0.1, -0.05) is 0 Å². The van der Waals surface area contributed by atoms with E-state index in [1.54, 1.807) is 22.8 Å². The van der Waals surface area contributed by atoms with Crippen LogP contribution in [0.1, 0.15) is 29.6 Å². The molecule has 1 N–H and O–H groups in total. The Hall–Kier alpha value is -1.92. The summed E-state index contributed by atoms with van der Waals surface area (Å²) < 4.78 is 12.8. The number of H-pyrrole nitrogens is 1. The second-order valence-corrected chi connectivity index (χ2v) is 5.14. The third-order valence-corrected chi connectivity index (χ3v) is 3.69. The van der Waals surface area contributed by atoms with Crippen LogP contribution in [-0.2, 0) is 16.0 Å². The van der Waals surface area contributed by atoms with Crippen molar-refractivity contribution >= 4 is 17.3 Å². The first-order chi connectivity index (χ1) is 10.3. The van der Waals surface area contributed by atoms with Gasteiger partial charge in [0.15, 0.2) is 6.29 Å². The molecule has 0 amide bonds. The van der Waals surface area contributed by atoms with E-state index < -0.39 is 0 Å². The Balaban J connectivity index is 1.70. The first-order valence-corrected chi connectivity index (χ1v) is 7.19. The van der Waals surface area contributed by atoms with Gasteiger partial charge in [-0.3, -0.25) is 9.36 Å². The molecule has 1 saturated heterocycles. The fourth-order valence-electron chi connectivity index (χ4n) is 2.59. The average molecular weight is 290 g/mol. The zero-order chi connectivity index (χ0) is 14.7. The summed E-state index contributed by atoms with van der Waals surface area (Å²) >= 11 is 0. The van der Waals surface area contributed by atoms with Crippen molar-refractivity contribution in [3.63, 3.8) is 0 Å². The minimum Gasteiger partial charge on any atom is -0.353 e. The van der Waals surface area contributed by atoms with E-state index in [0.717, 1.165) is 37.7 Å².